The van der Waals surface area contributed by atoms with Crippen LogP contribution in [-0.4, -0.2) is 30.9 Å². The summed E-state index contributed by atoms with van der Waals surface area (Å²) in [5, 5.41) is 3.32. The minimum atomic E-state index is -0.736. The number of ether oxygens (including phenoxy) is 2. The van der Waals surface area contributed by atoms with E-state index < -0.39 is 19.2 Å². The molecule has 0 radical (unpaired) electrons. The highest BCUT2D eigenvalue weighted by atomic mass is 35.5. The molecule has 1 aromatic carbocycles. The molecule has 1 aromatic heterocycles. The number of benzene rings is 1. The molecule has 0 unspecified atom stereocenters. The lowest BCUT2D eigenvalue weighted by Gasteiger charge is -2.09. The molecule has 1 amide bonds. The molecule has 0 aliphatic heterocycles. The van der Waals surface area contributed by atoms with Crippen LogP contribution in [-0.2, 0) is 20.9 Å². The fourth-order valence-corrected chi connectivity index (χ4v) is 3.31. The molecule has 0 aliphatic rings. The van der Waals surface area contributed by atoms with Crippen molar-refractivity contribution in [1.82, 2.24) is 5.32 Å². The summed E-state index contributed by atoms with van der Waals surface area (Å²) in [5.74, 6) is -1.07. The van der Waals surface area contributed by atoms with Gasteiger partial charge in [-0.05, 0) is 18.2 Å². The average molecular weight is 451 g/mol. The number of carbonyl (C=O) groups is 3. The van der Waals surface area contributed by atoms with Crippen molar-refractivity contribution in [3.8, 4) is 5.75 Å². The maximum absolute atomic E-state index is 12.1. The highest BCUT2D eigenvalue weighted by molar-refractivity contribution is 7.14. The zero-order valence-electron chi connectivity index (χ0n) is 14.0. The van der Waals surface area contributed by atoms with Gasteiger partial charge in [0.25, 0.3) is 0 Å². The van der Waals surface area contributed by atoms with Gasteiger partial charge in [0.1, 0.15) is 5.75 Å². The normalized spacial score (nSPS) is 10.4. The molecule has 10 heteroatoms. The number of halogens is 3. The number of amides is 1. The molecule has 0 spiro atoms. The van der Waals surface area contributed by atoms with E-state index in [9.17, 15) is 14.4 Å². The summed E-state index contributed by atoms with van der Waals surface area (Å²) in [6.07, 6.45) is 0. The van der Waals surface area contributed by atoms with E-state index in [-0.39, 0.29) is 32.5 Å². The number of nitrogens with one attached hydrogen (secondary N) is 1. The van der Waals surface area contributed by atoms with Gasteiger partial charge < -0.3 is 14.8 Å². The molecule has 0 fully saturated rings. The topological polar surface area (TPSA) is 81.7 Å². The van der Waals surface area contributed by atoms with Gasteiger partial charge in [-0.15, -0.1) is 11.3 Å². The van der Waals surface area contributed by atoms with Gasteiger partial charge in [-0.3, -0.25) is 9.59 Å². The molecule has 0 aliphatic carbocycles. The summed E-state index contributed by atoms with van der Waals surface area (Å²) >= 11 is 18.8. The van der Waals surface area contributed by atoms with E-state index in [2.05, 4.69) is 5.32 Å². The van der Waals surface area contributed by atoms with E-state index in [1.54, 1.807) is 12.1 Å². The van der Waals surface area contributed by atoms with Crippen molar-refractivity contribution in [2.45, 2.75) is 13.5 Å². The third-order valence-corrected chi connectivity index (χ3v) is 5.28. The Hall–Kier alpha value is -1.80. The Kier molecular flexibility index (Phi) is 7.91. The number of thiophene rings is 1. The zero-order chi connectivity index (χ0) is 20.0. The second kappa shape index (κ2) is 9.94. The molecule has 144 valence electrons. The van der Waals surface area contributed by atoms with Crippen LogP contribution in [0, 0.1) is 0 Å². The van der Waals surface area contributed by atoms with E-state index in [0.29, 0.717) is 11.4 Å². The van der Waals surface area contributed by atoms with Gasteiger partial charge >= 0.3 is 5.97 Å². The maximum Gasteiger partial charge on any atom is 0.344 e. The number of esters is 1. The average Bonchev–Trinajstić information content (AvgIpc) is 3.09. The number of hydrogen-bond acceptors (Lipinski definition) is 6. The Bertz CT molecular complexity index is 868. The smallest absolute Gasteiger partial charge is 0.344 e. The summed E-state index contributed by atoms with van der Waals surface area (Å²) in [7, 11) is 0. The van der Waals surface area contributed by atoms with Crippen molar-refractivity contribution >= 4 is 63.8 Å². The highest BCUT2D eigenvalue weighted by Gasteiger charge is 2.14. The van der Waals surface area contributed by atoms with E-state index >= 15 is 0 Å². The minimum absolute atomic E-state index is 0.160. The number of hydrogen-bond donors (Lipinski definition) is 1. The Morgan fingerprint density at radius 2 is 1.74 bits per heavy atom. The lowest BCUT2D eigenvalue weighted by atomic mass is 10.3. The molecular weight excluding hydrogens is 437 g/mol. The summed E-state index contributed by atoms with van der Waals surface area (Å²) in [4.78, 5) is 36.0. The molecule has 0 saturated heterocycles. The Morgan fingerprint density at radius 1 is 1.04 bits per heavy atom. The predicted molar refractivity (Wildman–Crippen MR) is 104 cm³/mol. The lowest BCUT2D eigenvalue weighted by molar-refractivity contribution is -0.144. The maximum atomic E-state index is 12.1. The molecule has 1 heterocycles. The lowest BCUT2D eigenvalue weighted by Crippen LogP contribution is -2.19. The van der Waals surface area contributed by atoms with Crippen molar-refractivity contribution < 1.29 is 23.9 Å². The first-order valence-electron chi connectivity index (χ1n) is 7.55. The Morgan fingerprint density at radius 3 is 2.44 bits per heavy atom. The fraction of sp³-hybridized carbons (Fsp3) is 0.235. The van der Waals surface area contributed by atoms with E-state index in [0.717, 1.165) is 4.88 Å². The monoisotopic (exact) mass is 449 g/mol. The molecule has 0 bridgehead atoms. The zero-order valence-corrected chi connectivity index (χ0v) is 17.1. The first-order chi connectivity index (χ1) is 12.8. The van der Waals surface area contributed by atoms with Gasteiger partial charge in [0, 0.05) is 17.9 Å². The van der Waals surface area contributed by atoms with Crippen LogP contribution >= 0.6 is 46.1 Å². The van der Waals surface area contributed by atoms with Crippen molar-refractivity contribution in [2.75, 3.05) is 13.2 Å². The Balaban J connectivity index is 1.80. The van der Waals surface area contributed by atoms with Gasteiger partial charge in [-0.25, -0.2) is 4.79 Å². The van der Waals surface area contributed by atoms with Crippen LogP contribution in [0.3, 0.4) is 0 Å². The van der Waals surface area contributed by atoms with Crippen molar-refractivity contribution in [2.24, 2.45) is 0 Å². The number of ketones is 1. The molecule has 0 atom stereocenters. The summed E-state index contributed by atoms with van der Waals surface area (Å²) in [6.45, 7) is 0.887. The number of Topliss-reactive ketones (excluding diaryl/α,β-unsaturated/α-hetero) is 1. The van der Waals surface area contributed by atoms with E-state index in [4.69, 9.17) is 44.3 Å². The fourth-order valence-electron chi connectivity index (χ4n) is 1.84. The van der Waals surface area contributed by atoms with Crippen LogP contribution in [0.15, 0.2) is 24.3 Å². The van der Waals surface area contributed by atoms with Gasteiger partial charge in [-0.2, -0.15) is 0 Å². The quantitative estimate of drug-likeness (QED) is 0.371. The van der Waals surface area contributed by atoms with Crippen LogP contribution < -0.4 is 10.1 Å². The first-order valence-corrected chi connectivity index (χ1v) is 9.50. The largest absolute Gasteiger partial charge is 0.480 e. The first kappa shape index (κ1) is 21.5. The number of rotatable bonds is 8. The minimum Gasteiger partial charge on any atom is -0.480 e. The second-order valence-corrected chi connectivity index (χ2v) is 7.63. The van der Waals surface area contributed by atoms with E-state index in [1.807, 2.05) is 0 Å². The van der Waals surface area contributed by atoms with Gasteiger partial charge in [-0.1, -0.05) is 34.8 Å². The van der Waals surface area contributed by atoms with Gasteiger partial charge in [0.2, 0.25) is 11.7 Å². The third-order valence-electron chi connectivity index (χ3n) is 3.13. The molecule has 2 rings (SSSR count). The molecule has 0 saturated carbocycles. The van der Waals surface area contributed by atoms with E-state index in [1.165, 1.54) is 30.4 Å². The second-order valence-electron chi connectivity index (χ2n) is 5.24. The van der Waals surface area contributed by atoms with Crippen LogP contribution in [0.1, 0.15) is 21.5 Å². The van der Waals surface area contributed by atoms with Crippen molar-refractivity contribution in [3.63, 3.8) is 0 Å². The van der Waals surface area contributed by atoms with Crippen LogP contribution in [0.25, 0.3) is 0 Å². The number of carbonyl (C=O) groups excluding carboxylic acids is 3. The van der Waals surface area contributed by atoms with Crippen LogP contribution in [0.2, 0.25) is 15.1 Å². The van der Waals surface area contributed by atoms with Crippen LogP contribution in [0.4, 0.5) is 0 Å². The van der Waals surface area contributed by atoms with Gasteiger partial charge in [0.05, 0.1) is 26.5 Å². The van der Waals surface area contributed by atoms with Crippen molar-refractivity contribution in [3.05, 3.63) is 49.1 Å². The SMILES string of the molecule is CC(=O)NCc1ccc(C(=O)COC(=O)COc2cc(Cl)c(Cl)cc2Cl)s1. The highest BCUT2D eigenvalue weighted by Crippen LogP contribution is 2.33. The standard InChI is InChI=1S/C17H14Cl3NO5S/c1-9(22)21-6-10-2-3-16(27-10)14(23)7-26-17(24)8-25-15-5-12(19)11(18)4-13(15)20/h2-5H,6-8H2,1H3,(H,21,22). The molecular formula is C17H14Cl3NO5S. The Labute approximate surface area is 174 Å². The van der Waals surface area contributed by atoms with Gasteiger partial charge in [0.15, 0.2) is 13.2 Å². The van der Waals surface area contributed by atoms with Crippen LogP contribution in [0.5, 0.6) is 5.75 Å². The summed E-state index contributed by atoms with van der Waals surface area (Å²) in [6, 6.07) is 6.12. The molecule has 27 heavy (non-hydrogen) atoms. The molecule has 6 nitrogen and oxygen atoms in total. The third kappa shape index (κ3) is 6.70. The predicted octanol–water partition coefficient (Wildman–Crippen LogP) is 4.15. The summed E-state index contributed by atoms with van der Waals surface area (Å²) in [5.41, 5.74) is 0. The molecule has 2 aromatic rings. The molecule has 1 N–H and O–H groups in total. The van der Waals surface area contributed by atoms with Crippen molar-refractivity contribution in [1.29, 1.82) is 0 Å². The summed E-state index contributed by atoms with van der Waals surface area (Å²) < 4.78 is 10.1.